The number of hydrogen-bond acceptors (Lipinski definition) is 5. The first kappa shape index (κ1) is 12.3. The summed E-state index contributed by atoms with van der Waals surface area (Å²) in [6.45, 7) is 0. The zero-order chi connectivity index (χ0) is 13.3. The molecule has 94 valence electrons. The van der Waals surface area contributed by atoms with Crippen LogP contribution in [0.3, 0.4) is 0 Å². The molecular weight excluding hydrogens is 258 g/mol. The van der Waals surface area contributed by atoms with Gasteiger partial charge in [-0.25, -0.2) is 4.98 Å². The molecule has 1 heterocycles. The number of nitrogens with zero attached hydrogens (tertiary/aromatic N) is 1. The topological polar surface area (TPSA) is 126 Å². The lowest BCUT2D eigenvalue weighted by atomic mass is 10.1. The molecule has 0 saturated carbocycles. The van der Waals surface area contributed by atoms with Crippen LogP contribution in [0.5, 0.6) is 0 Å². The number of aromatic nitrogens is 2. The first-order chi connectivity index (χ1) is 8.36. The van der Waals surface area contributed by atoms with Crippen LogP contribution in [-0.4, -0.2) is 22.9 Å². The number of benzene rings is 1. The zero-order valence-electron chi connectivity index (χ0n) is 8.99. The van der Waals surface area contributed by atoms with Crippen LogP contribution < -0.4 is 11.3 Å². The molecule has 4 N–H and O–H groups in total. The van der Waals surface area contributed by atoms with Crippen molar-refractivity contribution in [1.29, 1.82) is 0 Å². The van der Waals surface area contributed by atoms with Crippen molar-refractivity contribution in [2.24, 2.45) is 0 Å². The molecule has 0 atom stereocenters. The summed E-state index contributed by atoms with van der Waals surface area (Å²) in [4.78, 5) is 17.2. The molecule has 0 unspecified atom stereocenters. The quantitative estimate of drug-likeness (QED) is 0.670. The fraction of sp³-hybridized carbons (Fsp3) is 0. The Bertz CT molecular complexity index is 734. The normalized spacial score (nSPS) is 11.4. The maximum absolute atomic E-state index is 11.2. The summed E-state index contributed by atoms with van der Waals surface area (Å²) in [7, 11) is -4.23. The van der Waals surface area contributed by atoms with E-state index >= 15 is 0 Å². The number of aromatic amines is 1. The highest BCUT2D eigenvalue weighted by Gasteiger charge is 2.09. The van der Waals surface area contributed by atoms with E-state index in [2.05, 4.69) is 9.97 Å². The van der Waals surface area contributed by atoms with Gasteiger partial charge in [-0.1, -0.05) is 12.1 Å². The zero-order valence-corrected chi connectivity index (χ0v) is 9.81. The summed E-state index contributed by atoms with van der Waals surface area (Å²) in [5.74, 6) is -0.0312. The number of H-pyrrole nitrogens is 1. The van der Waals surface area contributed by atoms with Gasteiger partial charge in [0.15, 0.2) is 0 Å². The Morgan fingerprint density at radius 2 is 1.83 bits per heavy atom. The number of nitrogens with two attached hydrogens (primary N) is 1. The molecular formula is C10H9N3O4S. The molecule has 0 radical (unpaired) electrons. The second-order valence-electron chi connectivity index (χ2n) is 3.52. The molecule has 0 aliphatic rings. The van der Waals surface area contributed by atoms with Crippen molar-refractivity contribution in [3.8, 4) is 11.3 Å². The molecule has 2 aromatic rings. The standard InChI is InChI=1S/C10H9N3O4S/c11-10-12-8(5-9(14)13-10)6-1-3-7(4-2-6)18(15,16)17/h1-5H,(H,15,16,17)(H3,11,12,13,14). The van der Waals surface area contributed by atoms with Gasteiger partial charge in [0.2, 0.25) is 5.95 Å². The molecule has 0 bridgehead atoms. The minimum absolute atomic E-state index is 0.0312. The van der Waals surface area contributed by atoms with Crippen LogP contribution in [0.2, 0.25) is 0 Å². The SMILES string of the molecule is Nc1nc(-c2ccc(S(=O)(=O)O)cc2)cc(=O)[nH]1. The van der Waals surface area contributed by atoms with Gasteiger partial charge in [-0.15, -0.1) is 0 Å². The van der Waals surface area contributed by atoms with Gasteiger partial charge in [0.25, 0.3) is 15.7 Å². The smallest absolute Gasteiger partial charge is 0.294 e. The van der Waals surface area contributed by atoms with E-state index in [4.69, 9.17) is 10.3 Å². The lowest BCUT2D eigenvalue weighted by molar-refractivity contribution is 0.483. The van der Waals surface area contributed by atoms with Crippen molar-refractivity contribution in [3.05, 3.63) is 40.7 Å². The van der Waals surface area contributed by atoms with Crippen LogP contribution in [-0.2, 0) is 10.1 Å². The van der Waals surface area contributed by atoms with Crippen LogP contribution >= 0.6 is 0 Å². The highest BCUT2D eigenvalue weighted by atomic mass is 32.2. The van der Waals surface area contributed by atoms with Gasteiger partial charge in [-0.2, -0.15) is 8.42 Å². The number of nitrogen functional groups attached to an aromatic ring is 1. The van der Waals surface area contributed by atoms with E-state index in [-0.39, 0.29) is 10.8 Å². The van der Waals surface area contributed by atoms with Gasteiger partial charge in [0.05, 0.1) is 10.6 Å². The largest absolute Gasteiger partial charge is 0.369 e. The first-order valence-corrected chi connectivity index (χ1v) is 6.25. The van der Waals surface area contributed by atoms with Crippen molar-refractivity contribution in [1.82, 2.24) is 9.97 Å². The van der Waals surface area contributed by atoms with Crippen molar-refractivity contribution in [3.63, 3.8) is 0 Å². The molecule has 0 fully saturated rings. The Kier molecular flexibility index (Phi) is 2.89. The molecule has 0 aliphatic carbocycles. The number of rotatable bonds is 2. The molecule has 18 heavy (non-hydrogen) atoms. The van der Waals surface area contributed by atoms with Crippen molar-refractivity contribution in [2.75, 3.05) is 5.73 Å². The molecule has 1 aromatic heterocycles. The van der Waals surface area contributed by atoms with Gasteiger partial charge >= 0.3 is 0 Å². The number of anilines is 1. The van der Waals surface area contributed by atoms with Crippen LogP contribution in [0, 0.1) is 0 Å². The Morgan fingerprint density at radius 1 is 1.22 bits per heavy atom. The van der Waals surface area contributed by atoms with Gasteiger partial charge in [0.1, 0.15) is 0 Å². The molecule has 8 heteroatoms. The van der Waals surface area contributed by atoms with Gasteiger partial charge < -0.3 is 5.73 Å². The highest BCUT2D eigenvalue weighted by molar-refractivity contribution is 7.85. The van der Waals surface area contributed by atoms with Crippen LogP contribution in [0.15, 0.2) is 40.0 Å². The Balaban J connectivity index is 2.50. The van der Waals surface area contributed by atoms with E-state index in [1.807, 2.05) is 0 Å². The molecule has 0 amide bonds. The summed E-state index contributed by atoms with van der Waals surface area (Å²) < 4.78 is 30.5. The summed E-state index contributed by atoms with van der Waals surface area (Å²) in [5, 5.41) is 0. The summed E-state index contributed by atoms with van der Waals surface area (Å²) >= 11 is 0. The maximum Gasteiger partial charge on any atom is 0.294 e. The van der Waals surface area contributed by atoms with Crippen LogP contribution in [0.1, 0.15) is 0 Å². The predicted octanol–water partition coefficient (Wildman–Crippen LogP) is 0.266. The predicted molar refractivity (Wildman–Crippen MR) is 64.5 cm³/mol. The average molecular weight is 267 g/mol. The minimum Gasteiger partial charge on any atom is -0.369 e. The third kappa shape index (κ3) is 2.55. The van der Waals surface area contributed by atoms with Crippen LogP contribution in [0.25, 0.3) is 11.3 Å². The average Bonchev–Trinajstić information content (AvgIpc) is 2.27. The third-order valence-electron chi connectivity index (χ3n) is 2.21. The first-order valence-electron chi connectivity index (χ1n) is 4.81. The Labute approximate surface area is 102 Å². The summed E-state index contributed by atoms with van der Waals surface area (Å²) in [6, 6.07) is 6.50. The number of nitrogens with one attached hydrogen (secondary N) is 1. The molecule has 0 spiro atoms. The molecule has 0 saturated heterocycles. The van der Waals surface area contributed by atoms with Gasteiger partial charge in [-0.3, -0.25) is 14.3 Å². The third-order valence-corrected chi connectivity index (χ3v) is 3.08. The molecule has 1 aromatic carbocycles. The van der Waals surface area contributed by atoms with Crippen LogP contribution in [0.4, 0.5) is 5.95 Å². The van der Waals surface area contributed by atoms with E-state index in [0.29, 0.717) is 11.3 Å². The van der Waals surface area contributed by atoms with E-state index in [1.165, 1.54) is 30.3 Å². The minimum atomic E-state index is -4.23. The van der Waals surface area contributed by atoms with Gasteiger partial charge in [0, 0.05) is 11.6 Å². The van der Waals surface area contributed by atoms with Crippen molar-refractivity contribution >= 4 is 16.1 Å². The second kappa shape index (κ2) is 4.24. The second-order valence-corrected chi connectivity index (χ2v) is 4.94. The monoisotopic (exact) mass is 267 g/mol. The van der Waals surface area contributed by atoms with Gasteiger partial charge in [-0.05, 0) is 12.1 Å². The van der Waals surface area contributed by atoms with E-state index in [9.17, 15) is 13.2 Å². The van der Waals surface area contributed by atoms with E-state index in [0.717, 1.165) is 0 Å². The summed E-state index contributed by atoms with van der Waals surface area (Å²) in [6.07, 6.45) is 0. The lowest BCUT2D eigenvalue weighted by Crippen LogP contribution is -2.10. The fourth-order valence-electron chi connectivity index (χ4n) is 1.42. The summed E-state index contributed by atoms with van der Waals surface area (Å²) in [5.41, 5.74) is 5.82. The van der Waals surface area contributed by atoms with Crippen molar-refractivity contribution < 1.29 is 13.0 Å². The highest BCUT2D eigenvalue weighted by Crippen LogP contribution is 2.18. The lowest BCUT2D eigenvalue weighted by Gasteiger charge is -2.02. The Hall–Kier alpha value is -2.19. The van der Waals surface area contributed by atoms with E-state index in [1.54, 1.807) is 0 Å². The van der Waals surface area contributed by atoms with E-state index < -0.39 is 15.7 Å². The van der Waals surface area contributed by atoms with Crippen molar-refractivity contribution in [2.45, 2.75) is 4.90 Å². The number of hydrogen-bond donors (Lipinski definition) is 3. The fourth-order valence-corrected chi connectivity index (χ4v) is 1.90. The Morgan fingerprint density at radius 3 is 2.33 bits per heavy atom. The molecule has 2 rings (SSSR count). The molecule has 0 aliphatic heterocycles. The molecule has 7 nitrogen and oxygen atoms in total. The maximum atomic E-state index is 11.2.